The predicted octanol–water partition coefficient (Wildman–Crippen LogP) is 2.97. The first kappa shape index (κ1) is 12.4. The maximum Gasteiger partial charge on any atom is 0.0811 e. The van der Waals surface area contributed by atoms with Gasteiger partial charge in [-0.15, -0.1) is 0 Å². The number of nitrogens with one attached hydrogen (secondary N) is 1. The second-order valence-corrected chi connectivity index (χ2v) is 6.97. The van der Waals surface area contributed by atoms with Crippen molar-refractivity contribution in [3.8, 4) is 0 Å². The van der Waals surface area contributed by atoms with E-state index >= 15 is 0 Å². The van der Waals surface area contributed by atoms with Gasteiger partial charge in [-0.2, -0.15) is 0 Å². The van der Waals surface area contributed by atoms with Crippen LogP contribution in [0.25, 0.3) is 0 Å². The average molecular weight is 225 g/mol. The summed E-state index contributed by atoms with van der Waals surface area (Å²) < 4.78 is 6.47. The topological polar surface area (TPSA) is 21.3 Å². The Bertz CT molecular complexity index is 236. The van der Waals surface area contributed by atoms with Gasteiger partial charge in [-0.3, -0.25) is 0 Å². The number of morpholine rings is 1. The Hall–Kier alpha value is -0.0800. The Morgan fingerprint density at radius 1 is 1.19 bits per heavy atom. The lowest BCUT2D eigenvalue weighted by molar-refractivity contribution is -0.168. The van der Waals surface area contributed by atoms with Gasteiger partial charge in [0, 0.05) is 13.1 Å². The van der Waals surface area contributed by atoms with Crippen LogP contribution in [0, 0.1) is 11.3 Å². The van der Waals surface area contributed by atoms with Crippen LogP contribution in [-0.4, -0.2) is 24.8 Å². The molecule has 1 heterocycles. The maximum atomic E-state index is 6.47. The van der Waals surface area contributed by atoms with E-state index in [-0.39, 0.29) is 11.0 Å². The summed E-state index contributed by atoms with van der Waals surface area (Å²) in [7, 11) is 0. The fourth-order valence-electron chi connectivity index (χ4n) is 2.88. The molecule has 1 aliphatic carbocycles. The largest absolute Gasteiger partial charge is 0.369 e. The van der Waals surface area contributed by atoms with E-state index in [0.717, 1.165) is 19.0 Å². The van der Waals surface area contributed by atoms with Crippen molar-refractivity contribution < 1.29 is 4.74 Å². The summed E-state index contributed by atoms with van der Waals surface area (Å²) in [5.41, 5.74) is 0.409. The molecule has 0 aromatic carbocycles. The van der Waals surface area contributed by atoms with Crippen LogP contribution >= 0.6 is 0 Å². The number of hydrogen-bond acceptors (Lipinski definition) is 2. The molecule has 1 spiro atoms. The molecule has 1 saturated carbocycles. The monoisotopic (exact) mass is 225 g/mol. The summed E-state index contributed by atoms with van der Waals surface area (Å²) in [5, 5.41) is 3.59. The molecule has 2 heteroatoms. The van der Waals surface area contributed by atoms with E-state index in [0.29, 0.717) is 6.10 Å². The van der Waals surface area contributed by atoms with Gasteiger partial charge < -0.3 is 10.1 Å². The predicted molar refractivity (Wildman–Crippen MR) is 67.6 cm³/mol. The van der Waals surface area contributed by atoms with E-state index in [2.05, 4.69) is 33.0 Å². The molecule has 0 radical (unpaired) electrons. The Labute approximate surface area is 100 Å². The van der Waals surface area contributed by atoms with E-state index < -0.39 is 0 Å². The third-order valence-corrected chi connectivity index (χ3v) is 4.32. The normalized spacial score (nSPS) is 41.2. The lowest BCUT2D eigenvalue weighted by Crippen LogP contribution is -2.58. The minimum absolute atomic E-state index is 0.155. The van der Waals surface area contributed by atoms with Crippen LogP contribution in [0.3, 0.4) is 0 Å². The molecule has 1 aliphatic heterocycles. The summed E-state index contributed by atoms with van der Waals surface area (Å²) >= 11 is 0. The van der Waals surface area contributed by atoms with Crippen molar-refractivity contribution >= 4 is 0 Å². The molecule has 1 saturated heterocycles. The van der Waals surface area contributed by atoms with Crippen molar-refractivity contribution in [2.75, 3.05) is 13.1 Å². The molecule has 1 N–H and O–H groups in total. The maximum absolute atomic E-state index is 6.47. The lowest BCUT2D eigenvalue weighted by atomic mass is 9.77. The standard InChI is InChI=1S/C14H27NO/c1-11-5-7-14(8-6-11)10-15-9-12(16-14)13(2,3)4/h11-12,15H,5-10H2,1-4H3. The van der Waals surface area contributed by atoms with E-state index in [9.17, 15) is 0 Å². The number of hydrogen-bond donors (Lipinski definition) is 1. The molecule has 2 aliphatic rings. The molecule has 1 unspecified atom stereocenters. The molecule has 2 rings (SSSR count). The van der Waals surface area contributed by atoms with Gasteiger partial charge >= 0.3 is 0 Å². The van der Waals surface area contributed by atoms with Crippen molar-refractivity contribution in [2.24, 2.45) is 11.3 Å². The lowest BCUT2D eigenvalue weighted by Gasteiger charge is -2.48. The van der Waals surface area contributed by atoms with Gasteiger partial charge in [0.05, 0.1) is 11.7 Å². The summed E-state index contributed by atoms with van der Waals surface area (Å²) in [6.45, 7) is 11.3. The SMILES string of the molecule is CC1CCC2(CC1)CNCC(C(C)(C)C)O2. The van der Waals surface area contributed by atoms with Crippen LogP contribution in [-0.2, 0) is 4.74 Å². The minimum atomic E-state index is 0.155. The summed E-state index contributed by atoms with van der Waals surface area (Å²) in [5.74, 6) is 0.893. The van der Waals surface area contributed by atoms with Crippen LogP contribution < -0.4 is 5.32 Å². The van der Waals surface area contributed by atoms with E-state index in [1.807, 2.05) is 0 Å². The van der Waals surface area contributed by atoms with Gasteiger partial charge in [0.2, 0.25) is 0 Å². The second-order valence-electron chi connectivity index (χ2n) is 6.97. The molecule has 1 atom stereocenters. The second kappa shape index (κ2) is 4.30. The van der Waals surface area contributed by atoms with Crippen molar-refractivity contribution in [2.45, 2.75) is 65.1 Å². The first-order valence-corrected chi connectivity index (χ1v) is 6.80. The van der Waals surface area contributed by atoms with Crippen molar-refractivity contribution in [3.05, 3.63) is 0 Å². The highest BCUT2D eigenvalue weighted by atomic mass is 16.5. The molecule has 0 bridgehead atoms. The highest BCUT2D eigenvalue weighted by Crippen LogP contribution is 2.39. The van der Waals surface area contributed by atoms with E-state index in [1.54, 1.807) is 0 Å². The molecular formula is C14H27NO. The fraction of sp³-hybridized carbons (Fsp3) is 1.00. The van der Waals surface area contributed by atoms with Gasteiger partial charge in [-0.1, -0.05) is 27.7 Å². The summed E-state index contributed by atoms with van der Waals surface area (Å²) in [4.78, 5) is 0. The van der Waals surface area contributed by atoms with Gasteiger partial charge in [-0.05, 0) is 37.0 Å². The van der Waals surface area contributed by atoms with Gasteiger partial charge in [0.25, 0.3) is 0 Å². The Morgan fingerprint density at radius 2 is 1.81 bits per heavy atom. The first-order chi connectivity index (χ1) is 7.41. The molecule has 94 valence electrons. The van der Waals surface area contributed by atoms with Crippen LogP contribution in [0.5, 0.6) is 0 Å². The third kappa shape index (κ3) is 2.60. The fourth-order valence-corrected chi connectivity index (χ4v) is 2.88. The molecule has 0 amide bonds. The van der Waals surface area contributed by atoms with E-state index in [4.69, 9.17) is 4.74 Å². The molecule has 0 aromatic heterocycles. The molecule has 16 heavy (non-hydrogen) atoms. The Kier molecular flexibility index (Phi) is 3.33. The quantitative estimate of drug-likeness (QED) is 0.684. The highest BCUT2D eigenvalue weighted by molar-refractivity contribution is 4.95. The smallest absolute Gasteiger partial charge is 0.0811 e. The van der Waals surface area contributed by atoms with Crippen LogP contribution in [0.15, 0.2) is 0 Å². The Balaban J connectivity index is 2.01. The van der Waals surface area contributed by atoms with Crippen molar-refractivity contribution in [1.29, 1.82) is 0 Å². The molecule has 2 fully saturated rings. The molecule has 0 aromatic rings. The Morgan fingerprint density at radius 3 is 2.38 bits per heavy atom. The van der Waals surface area contributed by atoms with Crippen LogP contribution in [0.1, 0.15) is 53.4 Å². The molecular weight excluding hydrogens is 198 g/mol. The van der Waals surface area contributed by atoms with Gasteiger partial charge in [-0.25, -0.2) is 0 Å². The highest BCUT2D eigenvalue weighted by Gasteiger charge is 2.42. The number of rotatable bonds is 0. The van der Waals surface area contributed by atoms with Gasteiger partial charge in [0.1, 0.15) is 0 Å². The minimum Gasteiger partial charge on any atom is -0.369 e. The van der Waals surface area contributed by atoms with Crippen molar-refractivity contribution in [3.63, 3.8) is 0 Å². The van der Waals surface area contributed by atoms with Gasteiger partial charge in [0.15, 0.2) is 0 Å². The molecule has 2 nitrogen and oxygen atoms in total. The first-order valence-electron chi connectivity index (χ1n) is 6.80. The zero-order valence-corrected chi connectivity index (χ0v) is 11.3. The van der Waals surface area contributed by atoms with Crippen LogP contribution in [0.2, 0.25) is 0 Å². The third-order valence-electron chi connectivity index (χ3n) is 4.32. The summed E-state index contributed by atoms with van der Waals surface area (Å²) in [6, 6.07) is 0. The van der Waals surface area contributed by atoms with Crippen LogP contribution in [0.4, 0.5) is 0 Å². The van der Waals surface area contributed by atoms with E-state index in [1.165, 1.54) is 25.7 Å². The van der Waals surface area contributed by atoms with Crippen molar-refractivity contribution in [1.82, 2.24) is 5.32 Å². The average Bonchev–Trinajstić information content (AvgIpc) is 2.22. The zero-order chi connectivity index (χ0) is 11.8. The zero-order valence-electron chi connectivity index (χ0n) is 11.3. The summed E-state index contributed by atoms with van der Waals surface area (Å²) in [6.07, 6.45) is 5.52. The number of ether oxygens (including phenoxy) is 1.